The Kier molecular flexibility index (Phi) is 12.8. The Labute approximate surface area is 339 Å². The molecule has 0 amide bonds. The van der Waals surface area contributed by atoms with Gasteiger partial charge in [-0.25, -0.2) is 0 Å². The lowest BCUT2D eigenvalue weighted by Crippen LogP contribution is -2.64. The van der Waals surface area contributed by atoms with Gasteiger partial charge in [0.05, 0.1) is 0 Å². The van der Waals surface area contributed by atoms with Crippen LogP contribution in [0, 0.1) is 0 Å². The van der Waals surface area contributed by atoms with Crippen LogP contribution in [0.2, 0.25) is 0 Å². The number of hydrogen-bond acceptors (Lipinski definition) is 7. The van der Waals surface area contributed by atoms with Gasteiger partial charge in [-0.1, -0.05) is 72.8 Å². The Morgan fingerprint density at radius 1 is 0.426 bits per heavy atom. The average molecular weight is 871 g/mol. The minimum Gasteiger partial charge on any atom is -0.457 e. The number of anilines is 2. The van der Waals surface area contributed by atoms with Crippen molar-refractivity contribution in [3.8, 4) is 23.0 Å². The second-order valence-electron chi connectivity index (χ2n) is 13.5. The Morgan fingerprint density at radius 2 is 0.787 bits per heavy atom. The van der Waals surface area contributed by atoms with Crippen LogP contribution in [0.3, 0.4) is 0 Å². The van der Waals surface area contributed by atoms with E-state index in [0.29, 0.717) is 35.0 Å². The molecule has 0 fully saturated rings. The smallest absolute Gasteiger partial charge is 0.430 e. The van der Waals surface area contributed by atoms with E-state index in [-0.39, 0.29) is 11.5 Å². The Hall–Kier alpha value is -6.18. The molecule has 0 spiro atoms. The molecule has 61 heavy (non-hydrogen) atoms. The molecule has 8 N–H and O–H groups in total. The largest absolute Gasteiger partial charge is 0.457 e. The molecule has 19 heteroatoms. The molecular formula is C42H34F12N4O3. The van der Waals surface area contributed by atoms with Crippen LogP contribution in [-0.2, 0) is 15.8 Å². The van der Waals surface area contributed by atoms with E-state index in [1.807, 2.05) is 0 Å². The monoisotopic (exact) mass is 870 g/mol. The van der Waals surface area contributed by atoms with Crippen molar-refractivity contribution in [2.24, 2.45) is 11.5 Å². The highest BCUT2D eigenvalue weighted by Crippen LogP contribution is 2.57. The van der Waals surface area contributed by atoms with Gasteiger partial charge in [-0.3, -0.25) is 0 Å². The summed E-state index contributed by atoms with van der Waals surface area (Å²) in [5.74, 6) is 0.742. The van der Waals surface area contributed by atoms with E-state index < -0.39 is 64.2 Å². The molecule has 324 valence electrons. The van der Waals surface area contributed by atoms with Gasteiger partial charge in [0.25, 0.3) is 5.60 Å². The van der Waals surface area contributed by atoms with E-state index in [2.05, 4.69) is 4.74 Å². The molecule has 5 aromatic carbocycles. The Balaban J connectivity index is 0.000000254. The van der Waals surface area contributed by atoms with Crippen molar-refractivity contribution in [1.29, 1.82) is 0 Å². The van der Waals surface area contributed by atoms with Crippen LogP contribution >= 0.6 is 0 Å². The number of hydrogen-bond donors (Lipinski definition) is 4. The fourth-order valence-electron chi connectivity index (χ4n) is 6.22. The second kappa shape index (κ2) is 17.1. The number of benzene rings is 5. The standard InChI is InChI=1S/C27H20F6N2O2.C15H14F6N2O/c28-26(29,30)25(27(31,32)33,17-1-9-21(10-2-17)36-23-13-5-19(34)6-14-23)18-3-11-22(12-4-18)37-24-15-7-20(35)8-16-24;16-14(17,18)13(15(19,20)21,10-6-2-1-3-7-10)24-11-8-4-5-9-12(11,22)23/h1-16H,34-35H2;1-9,11H,22-23H2. The number of rotatable bonds is 9. The maximum absolute atomic E-state index is 14.4. The van der Waals surface area contributed by atoms with Gasteiger partial charge >= 0.3 is 24.7 Å². The van der Waals surface area contributed by atoms with Crippen LogP contribution in [-0.4, -0.2) is 36.5 Å². The third-order valence-corrected chi connectivity index (χ3v) is 9.21. The molecule has 5 aromatic rings. The SMILES string of the molecule is NC1(N)C=CC=CC1OC(c1ccccc1)(C(F)(F)F)C(F)(F)F.Nc1ccc(Oc2ccc(C(c3ccc(Oc4ccc(N)cc4)cc3)(C(F)(F)F)C(F)(F)F)cc2)cc1. The summed E-state index contributed by atoms with van der Waals surface area (Å²) in [5.41, 5.74) is 9.27. The van der Waals surface area contributed by atoms with Crippen molar-refractivity contribution in [3.63, 3.8) is 0 Å². The van der Waals surface area contributed by atoms with Gasteiger partial charge in [-0.2, -0.15) is 52.7 Å². The van der Waals surface area contributed by atoms with Crippen LogP contribution in [0.5, 0.6) is 23.0 Å². The molecule has 1 atom stereocenters. The summed E-state index contributed by atoms with van der Waals surface area (Å²) in [5, 5.41) is 0. The van der Waals surface area contributed by atoms with Gasteiger partial charge in [0, 0.05) is 16.9 Å². The lowest BCUT2D eigenvalue weighted by atomic mass is 9.73. The van der Waals surface area contributed by atoms with Crippen LogP contribution in [0.1, 0.15) is 16.7 Å². The van der Waals surface area contributed by atoms with Crippen LogP contribution in [0.4, 0.5) is 64.1 Å². The summed E-state index contributed by atoms with van der Waals surface area (Å²) < 4.78 is 184. The lowest BCUT2D eigenvalue weighted by Gasteiger charge is -2.42. The van der Waals surface area contributed by atoms with E-state index in [0.717, 1.165) is 72.8 Å². The van der Waals surface area contributed by atoms with E-state index in [4.69, 9.17) is 32.4 Å². The van der Waals surface area contributed by atoms with E-state index in [1.54, 1.807) is 24.3 Å². The number of nitrogens with two attached hydrogens (primary N) is 4. The maximum Gasteiger partial charge on any atom is 0.430 e. The average Bonchev–Trinajstić information content (AvgIpc) is 3.16. The molecule has 1 aliphatic carbocycles. The third-order valence-electron chi connectivity index (χ3n) is 9.21. The summed E-state index contributed by atoms with van der Waals surface area (Å²) in [6, 6.07) is 24.3. The predicted octanol–water partition coefficient (Wildman–Crippen LogP) is 11.0. The van der Waals surface area contributed by atoms with Crippen LogP contribution in [0.25, 0.3) is 0 Å². The maximum atomic E-state index is 14.4. The fourth-order valence-corrected chi connectivity index (χ4v) is 6.22. The highest BCUT2D eigenvalue weighted by Gasteiger charge is 2.75. The molecule has 7 nitrogen and oxygen atoms in total. The Morgan fingerprint density at radius 3 is 1.11 bits per heavy atom. The van der Waals surface area contributed by atoms with Crippen LogP contribution in [0.15, 0.2) is 152 Å². The van der Waals surface area contributed by atoms with Crippen molar-refractivity contribution in [1.82, 2.24) is 0 Å². The first-order chi connectivity index (χ1) is 28.3. The van der Waals surface area contributed by atoms with E-state index in [1.165, 1.54) is 42.5 Å². The van der Waals surface area contributed by atoms with Gasteiger partial charge in [-0.05, 0) is 90.0 Å². The molecule has 1 unspecified atom stereocenters. The lowest BCUT2D eigenvalue weighted by molar-refractivity contribution is -0.397. The van der Waals surface area contributed by atoms with Gasteiger partial charge in [0.15, 0.2) is 0 Å². The van der Waals surface area contributed by atoms with Crippen LogP contribution < -0.4 is 32.4 Å². The summed E-state index contributed by atoms with van der Waals surface area (Å²) in [6.07, 6.45) is -20.3. The van der Waals surface area contributed by atoms with Crippen molar-refractivity contribution >= 4 is 11.4 Å². The minimum atomic E-state index is -5.79. The summed E-state index contributed by atoms with van der Waals surface area (Å²) in [6.45, 7) is 0. The minimum absolute atomic E-state index is 0.0546. The van der Waals surface area contributed by atoms with Gasteiger partial charge in [0.1, 0.15) is 34.8 Å². The van der Waals surface area contributed by atoms with Gasteiger partial charge in [0.2, 0.25) is 5.41 Å². The van der Waals surface area contributed by atoms with Crippen molar-refractivity contribution in [3.05, 3.63) is 168 Å². The molecule has 0 heterocycles. The highest BCUT2D eigenvalue weighted by molar-refractivity contribution is 5.49. The van der Waals surface area contributed by atoms with Crippen molar-refractivity contribution < 1.29 is 66.9 Å². The molecule has 0 aromatic heterocycles. The zero-order valence-corrected chi connectivity index (χ0v) is 31.1. The first-order valence-electron chi connectivity index (χ1n) is 17.5. The summed E-state index contributed by atoms with van der Waals surface area (Å²) in [4.78, 5) is 0. The third kappa shape index (κ3) is 9.58. The van der Waals surface area contributed by atoms with Crippen molar-refractivity contribution in [2.75, 3.05) is 11.5 Å². The zero-order valence-electron chi connectivity index (χ0n) is 31.1. The van der Waals surface area contributed by atoms with E-state index in [9.17, 15) is 52.7 Å². The second-order valence-corrected chi connectivity index (χ2v) is 13.5. The fraction of sp³-hybridized carbons (Fsp3) is 0.190. The quantitative estimate of drug-likeness (QED) is 0.0659. The topological polar surface area (TPSA) is 132 Å². The summed E-state index contributed by atoms with van der Waals surface area (Å²) in [7, 11) is 0. The van der Waals surface area contributed by atoms with E-state index >= 15 is 0 Å². The van der Waals surface area contributed by atoms with Gasteiger partial charge < -0.3 is 37.1 Å². The molecule has 0 radical (unpaired) electrons. The predicted molar refractivity (Wildman–Crippen MR) is 202 cm³/mol. The molecule has 1 aliphatic rings. The molecule has 0 aliphatic heterocycles. The molecule has 0 bridgehead atoms. The van der Waals surface area contributed by atoms with Gasteiger partial charge in [-0.15, -0.1) is 0 Å². The Bertz CT molecular complexity index is 2150. The number of allylic oxidation sites excluding steroid dienone is 2. The number of nitrogen functional groups attached to an aromatic ring is 2. The molecule has 0 saturated heterocycles. The number of halogens is 12. The number of ether oxygens (including phenoxy) is 3. The first kappa shape index (κ1) is 45.9. The highest BCUT2D eigenvalue weighted by atomic mass is 19.4. The molecule has 0 saturated carbocycles. The normalized spacial score (nSPS) is 15.7. The molecular weight excluding hydrogens is 836 g/mol. The summed E-state index contributed by atoms with van der Waals surface area (Å²) >= 11 is 0. The zero-order chi connectivity index (χ0) is 45.1. The first-order valence-corrected chi connectivity index (χ1v) is 17.5. The number of alkyl halides is 12. The van der Waals surface area contributed by atoms with Crippen molar-refractivity contribution in [2.45, 2.75) is 47.5 Å². The molecule has 6 rings (SSSR count).